The standard InChI is InChI=1S/C24H26ClF3N6O2/c1-14(22-20(25)7-30-31-22)33-9-17-18(10-33)19(17)11-34(23(35)21-12-32(2)13-29-21)8-15-4-3-5-16(6-15)36-24(26,27)28/h3-7,12-14,17-19H,8-11H2,1-2H3,(H,30,31). The second kappa shape index (κ2) is 9.44. The summed E-state index contributed by atoms with van der Waals surface area (Å²) < 4.78 is 43.8. The lowest BCUT2D eigenvalue weighted by atomic mass is 10.1. The van der Waals surface area contributed by atoms with Gasteiger partial charge in [-0.3, -0.25) is 14.8 Å². The number of nitrogens with one attached hydrogen (secondary N) is 1. The zero-order valence-electron chi connectivity index (χ0n) is 19.7. The number of alkyl halides is 3. The van der Waals surface area contributed by atoms with Crippen LogP contribution in [0.15, 0.2) is 43.0 Å². The lowest BCUT2D eigenvalue weighted by Gasteiger charge is -2.28. The predicted octanol–water partition coefficient (Wildman–Crippen LogP) is 4.28. The number of halogens is 4. The molecule has 3 unspecified atom stereocenters. The number of likely N-dealkylation sites (tertiary alicyclic amines) is 1. The Hall–Kier alpha value is -3.05. The Kier molecular flexibility index (Phi) is 6.46. The second-order valence-corrected chi connectivity index (χ2v) is 9.95. The third kappa shape index (κ3) is 5.22. The van der Waals surface area contributed by atoms with Crippen molar-refractivity contribution in [2.45, 2.75) is 25.9 Å². The number of imidazole rings is 1. The zero-order chi connectivity index (χ0) is 25.6. The highest BCUT2D eigenvalue weighted by Crippen LogP contribution is 2.54. The Morgan fingerprint density at radius 1 is 1.33 bits per heavy atom. The molecule has 3 atom stereocenters. The number of aromatic amines is 1. The molecule has 1 saturated heterocycles. The van der Waals surface area contributed by atoms with Crippen molar-refractivity contribution in [2.75, 3.05) is 19.6 Å². The van der Waals surface area contributed by atoms with E-state index in [0.717, 1.165) is 18.8 Å². The van der Waals surface area contributed by atoms with Crippen molar-refractivity contribution in [3.8, 4) is 5.75 Å². The van der Waals surface area contributed by atoms with E-state index in [0.29, 0.717) is 40.6 Å². The molecule has 3 heterocycles. The van der Waals surface area contributed by atoms with Gasteiger partial charge < -0.3 is 14.2 Å². The van der Waals surface area contributed by atoms with Crippen LogP contribution < -0.4 is 4.74 Å². The van der Waals surface area contributed by atoms with Crippen molar-refractivity contribution in [1.82, 2.24) is 29.5 Å². The number of fused-ring (bicyclic) bond motifs is 1. The largest absolute Gasteiger partial charge is 0.573 e. The monoisotopic (exact) mass is 522 g/mol. The summed E-state index contributed by atoms with van der Waals surface area (Å²) in [4.78, 5) is 21.5. The average Bonchev–Trinajstić information content (AvgIpc) is 3.27. The van der Waals surface area contributed by atoms with Crippen LogP contribution in [-0.2, 0) is 13.6 Å². The molecule has 8 nitrogen and oxygen atoms in total. The van der Waals surface area contributed by atoms with Crippen LogP contribution >= 0.6 is 11.6 Å². The van der Waals surface area contributed by atoms with Gasteiger partial charge in [-0.2, -0.15) is 5.10 Å². The van der Waals surface area contributed by atoms with Gasteiger partial charge in [-0.25, -0.2) is 4.98 Å². The fraction of sp³-hybridized carbons (Fsp3) is 0.458. The van der Waals surface area contributed by atoms with Crippen molar-refractivity contribution in [3.05, 3.63) is 65.0 Å². The summed E-state index contributed by atoms with van der Waals surface area (Å²) in [6, 6.07) is 5.82. The van der Waals surface area contributed by atoms with Gasteiger partial charge in [-0.05, 0) is 42.4 Å². The quantitative estimate of drug-likeness (QED) is 0.478. The normalized spacial score (nSPS) is 22.3. The number of rotatable bonds is 8. The van der Waals surface area contributed by atoms with Gasteiger partial charge in [0.1, 0.15) is 11.4 Å². The molecule has 0 radical (unpaired) electrons. The highest BCUT2D eigenvalue weighted by Gasteiger charge is 2.57. The molecular weight excluding hydrogens is 497 g/mol. The van der Waals surface area contributed by atoms with Gasteiger partial charge in [0.05, 0.1) is 23.1 Å². The summed E-state index contributed by atoms with van der Waals surface area (Å²) in [5, 5.41) is 7.67. The van der Waals surface area contributed by atoms with Crippen LogP contribution in [0.2, 0.25) is 5.02 Å². The van der Waals surface area contributed by atoms with Gasteiger partial charge in [-0.1, -0.05) is 23.7 Å². The Morgan fingerprint density at radius 2 is 2.08 bits per heavy atom. The molecule has 3 aromatic rings. The molecule has 36 heavy (non-hydrogen) atoms. The van der Waals surface area contributed by atoms with Crippen LogP contribution in [0.4, 0.5) is 13.2 Å². The first kappa shape index (κ1) is 24.6. The summed E-state index contributed by atoms with van der Waals surface area (Å²) in [6.07, 6.45) is 0.0807. The van der Waals surface area contributed by atoms with E-state index in [-0.39, 0.29) is 24.2 Å². The summed E-state index contributed by atoms with van der Waals surface area (Å²) in [6.45, 7) is 4.49. The fourth-order valence-electron chi connectivity index (χ4n) is 5.24. The number of carbonyl (C=O) groups excluding carboxylic acids is 1. The van der Waals surface area contributed by atoms with Gasteiger partial charge in [0, 0.05) is 45.6 Å². The minimum atomic E-state index is -4.78. The molecule has 0 bridgehead atoms. The molecule has 1 aliphatic carbocycles. The molecule has 2 aromatic heterocycles. The van der Waals surface area contributed by atoms with Gasteiger partial charge in [0.25, 0.3) is 5.91 Å². The molecule has 2 aliphatic rings. The number of piperidine rings is 1. The Bertz CT molecular complexity index is 1230. The zero-order valence-corrected chi connectivity index (χ0v) is 20.5. The summed E-state index contributed by atoms with van der Waals surface area (Å²) in [5.74, 6) is 0.616. The summed E-state index contributed by atoms with van der Waals surface area (Å²) in [5.41, 5.74) is 1.67. The molecule has 192 valence electrons. The van der Waals surface area contributed by atoms with Crippen LogP contribution in [0.25, 0.3) is 0 Å². The van der Waals surface area contributed by atoms with E-state index < -0.39 is 6.36 Å². The van der Waals surface area contributed by atoms with Crippen LogP contribution in [-0.4, -0.2) is 61.5 Å². The van der Waals surface area contributed by atoms with Crippen LogP contribution in [0.3, 0.4) is 0 Å². The molecule has 5 rings (SSSR count). The molecule has 0 spiro atoms. The summed E-state index contributed by atoms with van der Waals surface area (Å²) >= 11 is 6.23. The summed E-state index contributed by atoms with van der Waals surface area (Å²) in [7, 11) is 1.78. The molecule has 1 aliphatic heterocycles. The number of hydrogen-bond acceptors (Lipinski definition) is 5. The van der Waals surface area contributed by atoms with E-state index in [4.69, 9.17) is 11.6 Å². The second-order valence-electron chi connectivity index (χ2n) is 9.55. The van der Waals surface area contributed by atoms with Gasteiger partial charge in [0.15, 0.2) is 0 Å². The van der Waals surface area contributed by atoms with E-state index >= 15 is 0 Å². The number of amides is 1. The molecule has 1 aromatic carbocycles. The lowest BCUT2D eigenvalue weighted by molar-refractivity contribution is -0.274. The third-order valence-corrected chi connectivity index (χ3v) is 7.41. The van der Waals surface area contributed by atoms with E-state index in [2.05, 4.69) is 31.7 Å². The molecule has 1 N–H and O–H groups in total. The number of nitrogens with zero attached hydrogens (tertiary/aromatic N) is 5. The Morgan fingerprint density at radius 3 is 2.69 bits per heavy atom. The highest BCUT2D eigenvalue weighted by molar-refractivity contribution is 6.31. The van der Waals surface area contributed by atoms with Crippen molar-refractivity contribution in [2.24, 2.45) is 24.8 Å². The number of carbonyl (C=O) groups is 1. The number of hydrogen-bond donors (Lipinski definition) is 1. The molecule has 1 amide bonds. The third-order valence-electron chi connectivity index (χ3n) is 7.11. The predicted molar refractivity (Wildman–Crippen MR) is 125 cm³/mol. The number of aromatic nitrogens is 4. The highest BCUT2D eigenvalue weighted by atomic mass is 35.5. The van der Waals surface area contributed by atoms with Crippen molar-refractivity contribution in [3.63, 3.8) is 0 Å². The molecule has 1 saturated carbocycles. The van der Waals surface area contributed by atoms with Crippen molar-refractivity contribution >= 4 is 17.5 Å². The van der Waals surface area contributed by atoms with Crippen LogP contribution in [0, 0.1) is 17.8 Å². The SMILES string of the molecule is CC(c1n[nH]cc1Cl)N1CC2C(CN(Cc3cccc(OC(F)(F)F)c3)C(=O)c3cn(C)cn3)C2C1. The maximum atomic E-state index is 13.3. The minimum absolute atomic E-state index is 0.0832. The van der Waals surface area contributed by atoms with E-state index in [1.807, 2.05) is 0 Å². The van der Waals surface area contributed by atoms with E-state index in [1.54, 1.807) is 41.3 Å². The van der Waals surface area contributed by atoms with E-state index in [1.165, 1.54) is 18.2 Å². The minimum Gasteiger partial charge on any atom is -0.406 e. The van der Waals surface area contributed by atoms with E-state index in [9.17, 15) is 18.0 Å². The lowest BCUT2D eigenvalue weighted by Crippen LogP contribution is -2.35. The first-order valence-corrected chi connectivity index (χ1v) is 12.0. The molecule has 2 fully saturated rings. The number of H-pyrrole nitrogens is 1. The molecule has 12 heteroatoms. The Balaban J connectivity index is 1.28. The van der Waals surface area contributed by atoms with Gasteiger partial charge in [0.2, 0.25) is 0 Å². The van der Waals surface area contributed by atoms with Crippen molar-refractivity contribution < 1.29 is 22.7 Å². The number of benzene rings is 1. The fourth-order valence-corrected chi connectivity index (χ4v) is 5.49. The van der Waals surface area contributed by atoms with Gasteiger partial charge in [-0.15, -0.1) is 13.2 Å². The number of ether oxygens (including phenoxy) is 1. The first-order valence-electron chi connectivity index (χ1n) is 11.6. The topological polar surface area (TPSA) is 79.3 Å². The van der Waals surface area contributed by atoms with Crippen LogP contribution in [0.1, 0.15) is 34.7 Å². The van der Waals surface area contributed by atoms with Crippen molar-refractivity contribution in [1.29, 1.82) is 0 Å². The van der Waals surface area contributed by atoms with Gasteiger partial charge >= 0.3 is 6.36 Å². The maximum absolute atomic E-state index is 13.3. The average molecular weight is 523 g/mol. The Labute approximate surface area is 211 Å². The smallest absolute Gasteiger partial charge is 0.406 e. The van der Waals surface area contributed by atoms with Crippen LogP contribution in [0.5, 0.6) is 5.75 Å². The molecular formula is C24H26ClF3N6O2. The number of aryl methyl sites for hydroxylation is 1. The first-order chi connectivity index (χ1) is 17.1. The maximum Gasteiger partial charge on any atom is 0.573 e.